The topological polar surface area (TPSA) is 26.0 Å². The number of rotatable bonds is 4. The van der Waals surface area contributed by atoms with Crippen LogP contribution in [0.25, 0.3) is 0 Å². The van der Waals surface area contributed by atoms with E-state index in [0.717, 1.165) is 6.42 Å². The molecule has 0 aliphatic rings. The van der Waals surface area contributed by atoms with E-state index in [2.05, 4.69) is 31.7 Å². The van der Waals surface area contributed by atoms with Gasteiger partial charge in [-0.1, -0.05) is 37.3 Å². The van der Waals surface area contributed by atoms with Crippen molar-refractivity contribution < 1.29 is 0 Å². The Kier molecular flexibility index (Phi) is 3.71. The summed E-state index contributed by atoms with van der Waals surface area (Å²) in [5.41, 5.74) is 8.26. The van der Waals surface area contributed by atoms with Gasteiger partial charge in [0.2, 0.25) is 0 Å². The molecular formula is C12H17N. The van der Waals surface area contributed by atoms with E-state index in [1.165, 1.54) is 11.1 Å². The molecule has 0 fully saturated rings. The molecule has 0 saturated carbocycles. The SMILES string of the molecule is C=CCC(C)c1ccccc1CN. The van der Waals surface area contributed by atoms with Crippen molar-refractivity contribution in [2.45, 2.75) is 25.8 Å². The summed E-state index contributed by atoms with van der Waals surface area (Å²) in [7, 11) is 0. The molecule has 0 bridgehead atoms. The van der Waals surface area contributed by atoms with E-state index in [9.17, 15) is 0 Å². The first kappa shape index (κ1) is 10.0. The number of allylic oxidation sites excluding steroid dienone is 1. The predicted molar refractivity (Wildman–Crippen MR) is 57.6 cm³/mol. The van der Waals surface area contributed by atoms with Gasteiger partial charge in [0.25, 0.3) is 0 Å². The zero-order chi connectivity index (χ0) is 9.68. The van der Waals surface area contributed by atoms with E-state index in [1.54, 1.807) is 0 Å². The Hall–Kier alpha value is -1.08. The second-order valence-corrected chi connectivity index (χ2v) is 3.33. The highest BCUT2D eigenvalue weighted by Crippen LogP contribution is 2.22. The summed E-state index contributed by atoms with van der Waals surface area (Å²) < 4.78 is 0. The van der Waals surface area contributed by atoms with Crippen molar-refractivity contribution in [3.05, 3.63) is 48.0 Å². The average molecular weight is 175 g/mol. The molecule has 1 rings (SSSR count). The Balaban J connectivity index is 2.91. The third-order valence-electron chi connectivity index (χ3n) is 2.33. The van der Waals surface area contributed by atoms with Crippen LogP contribution in [0.3, 0.4) is 0 Å². The van der Waals surface area contributed by atoms with Crippen LogP contribution in [0, 0.1) is 0 Å². The molecule has 0 amide bonds. The van der Waals surface area contributed by atoms with Gasteiger partial charge in [-0.15, -0.1) is 6.58 Å². The zero-order valence-corrected chi connectivity index (χ0v) is 8.16. The van der Waals surface area contributed by atoms with Crippen LogP contribution in [0.15, 0.2) is 36.9 Å². The van der Waals surface area contributed by atoms with Crippen molar-refractivity contribution in [1.29, 1.82) is 0 Å². The van der Waals surface area contributed by atoms with Crippen LogP contribution in [0.4, 0.5) is 0 Å². The molecule has 0 spiro atoms. The summed E-state index contributed by atoms with van der Waals surface area (Å²) in [5, 5.41) is 0. The molecule has 1 unspecified atom stereocenters. The smallest absolute Gasteiger partial charge is 0.0180 e. The molecule has 0 heterocycles. The minimum atomic E-state index is 0.525. The first-order chi connectivity index (χ1) is 6.29. The van der Waals surface area contributed by atoms with Crippen LogP contribution in [-0.2, 0) is 6.54 Å². The summed E-state index contributed by atoms with van der Waals surface area (Å²) in [6.07, 6.45) is 2.97. The highest BCUT2D eigenvalue weighted by Gasteiger charge is 2.06. The maximum Gasteiger partial charge on any atom is 0.0180 e. The van der Waals surface area contributed by atoms with Crippen molar-refractivity contribution >= 4 is 0 Å². The first-order valence-electron chi connectivity index (χ1n) is 4.68. The van der Waals surface area contributed by atoms with Gasteiger partial charge in [-0.25, -0.2) is 0 Å². The Bertz CT molecular complexity index is 278. The molecule has 2 N–H and O–H groups in total. The standard InChI is InChI=1S/C12H17N/c1-3-6-10(2)12-8-5-4-7-11(12)9-13/h3-5,7-8,10H,1,6,9,13H2,2H3. The minimum absolute atomic E-state index is 0.525. The van der Waals surface area contributed by atoms with Crippen LogP contribution in [0.2, 0.25) is 0 Å². The fourth-order valence-corrected chi connectivity index (χ4v) is 1.58. The monoisotopic (exact) mass is 175 g/mol. The lowest BCUT2D eigenvalue weighted by Gasteiger charge is -2.13. The highest BCUT2D eigenvalue weighted by molar-refractivity contribution is 5.30. The zero-order valence-electron chi connectivity index (χ0n) is 8.16. The van der Waals surface area contributed by atoms with E-state index in [4.69, 9.17) is 5.73 Å². The largest absolute Gasteiger partial charge is 0.326 e. The summed E-state index contributed by atoms with van der Waals surface area (Å²) in [6.45, 7) is 6.58. The van der Waals surface area contributed by atoms with Gasteiger partial charge in [-0.2, -0.15) is 0 Å². The molecule has 70 valence electrons. The van der Waals surface area contributed by atoms with Crippen molar-refractivity contribution in [3.63, 3.8) is 0 Å². The van der Waals surface area contributed by atoms with Gasteiger partial charge >= 0.3 is 0 Å². The summed E-state index contributed by atoms with van der Waals surface area (Å²) in [6, 6.07) is 8.34. The third kappa shape index (κ3) is 2.43. The lowest BCUT2D eigenvalue weighted by atomic mass is 9.93. The quantitative estimate of drug-likeness (QED) is 0.700. The van der Waals surface area contributed by atoms with Crippen LogP contribution in [0.5, 0.6) is 0 Å². The molecule has 1 nitrogen and oxygen atoms in total. The van der Waals surface area contributed by atoms with Gasteiger partial charge in [0.15, 0.2) is 0 Å². The Morgan fingerprint density at radius 1 is 1.46 bits per heavy atom. The average Bonchev–Trinajstić information content (AvgIpc) is 2.18. The van der Waals surface area contributed by atoms with Crippen LogP contribution in [0.1, 0.15) is 30.4 Å². The molecule has 1 heteroatoms. The molecule has 0 radical (unpaired) electrons. The van der Waals surface area contributed by atoms with E-state index in [-0.39, 0.29) is 0 Å². The van der Waals surface area contributed by atoms with Gasteiger partial charge < -0.3 is 5.73 Å². The lowest BCUT2D eigenvalue weighted by molar-refractivity contribution is 0.766. The molecule has 1 aromatic carbocycles. The number of nitrogens with two attached hydrogens (primary N) is 1. The first-order valence-corrected chi connectivity index (χ1v) is 4.68. The van der Waals surface area contributed by atoms with Crippen molar-refractivity contribution in [1.82, 2.24) is 0 Å². The molecule has 0 aliphatic heterocycles. The Labute approximate surface area is 80.3 Å². The lowest BCUT2D eigenvalue weighted by Crippen LogP contribution is -2.03. The molecule has 1 aromatic rings. The molecular weight excluding hydrogens is 158 g/mol. The van der Waals surface area contributed by atoms with Gasteiger partial charge in [0.1, 0.15) is 0 Å². The number of hydrogen-bond donors (Lipinski definition) is 1. The molecule has 13 heavy (non-hydrogen) atoms. The number of benzene rings is 1. The summed E-state index contributed by atoms with van der Waals surface area (Å²) in [4.78, 5) is 0. The maximum absolute atomic E-state index is 5.66. The van der Waals surface area contributed by atoms with E-state index in [1.807, 2.05) is 12.1 Å². The second kappa shape index (κ2) is 4.83. The predicted octanol–water partition coefficient (Wildman–Crippen LogP) is 2.82. The number of hydrogen-bond acceptors (Lipinski definition) is 1. The minimum Gasteiger partial charge on any atom is -0.326 e. The third-order valence-corrected chi connectivity index (χ3v) is 2.33. The molecule has 0 aromatic heterocycles. The van der Waals surface area contributed by atoms with Crippen LogP contribution >= 0.6 is 0 Å². The van der Waals surface area contributed by atoms with Crippen molar-refractivity contribution in [2.24, 2.45) is 5.73 Å². The fourth-order valence-electron chi connectivity index (χ4n) is 1.58. The molecule has 0 saturated heterocycles. The van der Waals surface area contributed by atoms with Crippen molar-refractivity contribution in [3.8, 4) is 0 Å². The van der Waals surface area contributed by atoms with Crippen LogP contribution in [-0.4, -0.2) is 0 Å². The molecule has 1 atom stereocenters. The van der Waals surface area contributed by atoms with Gasteiger partial charge in [-0.05, 0) is 23.5 Å². The van der Waals surface area contributed by atoms with Crippen LogP contribution < -0.4 is 5.73 Å². The van der Waals surface area contributed by atoms with E-state index in [0.29, 0.717) is 12.5 Å². The van der Waals surface area contributed by atoms with Gasteiger partial charge in [0, 0.05) is 6.54 Å². The van der Waals surface area contributed by atoms with E-state index >= 15 is 0 Å². The normalized spacial score (nSPS) is 12.5. The Morgan fingerprint density at radius 3 is 2.77 bits per heavy atom. The Morgan fingerprint density at radius 2 is 2.15 bits per heavy atom. The second-order valence-electron chi connectivity index (χ2n) is 3.33. The summed E-state index contributed by atoms with van der Waals surface area (Å²) >= 11 is 0. The van der Waals surface area contributed by atoms with Gasteiger partial charge in [-0.3, -0.25) is 0 Å². The fraction of sp³-hybridized carbons (Fsp3) is 0.333. The highest BCUT2D eigenvalue weighted by atomic mass is 14.5. The van der Waals surface area contributed by atoms with Gasteiger partial charge in [0.05, 0.1) is 0 Å². The maximum atomic E-state index is 5.66. The van der Waals surface area contributed by atoms with E-state index < -0.39 is 0 Å². The van der Waals surface area contributed by atoms with Crippen molar-refractivity contribution in [2.75, 3.05) is 0 Å². The molecule has 0 aliphatic carbocycles. The summed E-state index contributed by atoms with van der Waals surface area (Å²) in [5.74, 6) is 0.525.